The Morgan fingerprint density at radius 3 is 2.50 bits per heavy atom. The molecule has 114 valence electrons. The average molecular weight is 313 g/mol. The van der Waals surface area contributed by atoms with Crippen molar-refractivity contribution in [1.29, 1.82) is 0 Å². The van der Waals surface area contributed by atoms with E-state index in [-0.39, 0.29) is 0 Å². The van der Waals surface area contributed by atoms with Crippen LogP contribution in [0.15, 0.2) is 40.8 Å². The molecule has 0 aliphatic rings. The average Bonchev–Trinajstić information content (AvgIpc) is 2.94. The minimum absolute atomic E-state index is 0.674. The number of hydrazone groups is 1. The van der Waals surface area contributed by atoms with E-state index in [9.17, 15) is 4.79 Å². The highest BCUT2D eigenvalue weighted by Gasteiger charge is 2.04. The molecule has 0 atom stereocenters. The lowest BCUT2D eigenvalue weighted by molar-refractivity contribution is 0.249. The Bertz CT molecular complexity index is 707. The van der Waals surface area contributed by atoms with Crippen molar-refractivity contribution in [3.05, 3.63) is 62.9 Å². The van der Waals surface area contributed by atoms with Crippen molar-refractivity contribution in [3.8, 4) is 0 Å². The fourth-order valence-corrected chi connectivity index (χ4v) is 3.03. The van der Waals surface area contributed by atoms with E-state index >= 15 is 0 Å². The van der Waals surface area contributed by atoms with E-state index in [4.69, 9.17) is 5.73 Å². The van der Waals surface area contributed by atoms with Crippen LogP contribution in [0.3, 0.4) is 0 Å². The lowest BCUT2D eigenvalue weighted by Crippen LogP contribution is -2.25. The second kappa shape index (κ2) is 7.04. The van der Waals surface area contributed by atoms with Crippen LogP contribution in [0, 0.1) is 20.8 Å². The van der Waals surface area contributed by atoms with Gasteiger partial charge in [0.2, 0.25) is 0 Å². The lowest BCUT2D eigenvalue weighted by atomic mass is 9.99. The minimum atomic E-state index is -0.676. The largest absolute Gasteiger partial charge is 0.350 e. The predicted octanol–water partition coefficient (Wildman–Crippen LogP) is 3.76. The zero-order valence-electron chi connectivity index (χ0n) is 12.9. The van der Waals surface area contributed by atoms with Gasteiger partial charge < -0.3 is 5.73 Å². The summed E-state index contributed by atoms with van der Waals surface area (Å²) in [5.41, 5.74) is 12.9. The molecule has 0 radical (unpaired) electrons. The molecule has 4 nitrogen and oxygen atoms in total. The number of carbonyl (C=O) groups excluding carboxylic acids is 1. The van der Waals surface area contributed by atoms with E-state index in [0.29, 0.717) is 5.71 Å². The van der Waals surface area contributed by atoms with Crippen LogP contribution in [0.1, 0.15) is 27.1 Å². The summed E-state index contributed by atoms with van der Waals surface area (Å²) in [6, 6.07) is 7.51. The Kier molecular flexibility index (Phi) is 5.12. The number of hydrogen-bond donors (Lipinski definition) is 2. The van der Waals surface area contributed by atoms with Gasteiger partial charge in [-0.15, -0.1) is 11.3 Å². The van der Waals surface area contributed by atoms with Gasteiger partial charge in [-0.25, -0.2) is 10.2 Å². The van der Waals surface area contributed by atoms with E-state index in [1.54, 1.807) is 11.3 Å². The molecule has 0 fully saturated rings. The van der Waals surface area contributed by atoms with E-state index in [1.165, 1.54) is 16.7 Å². The summed E-state index contributed by atoms with van der Waals surface area (Å²) in [5.74, 6) is 0. The molecule has 2 aromatic rings. The van der Waals surface area contributed by atoms with Gasteiger partial charge in [-0.2, -0.15) is 5.10 Å². The highest BCUT2D eigenvalue weighted by atomic mass is 32.1. The SMILES string of the molecule is Cc1cc(C)c(/C=C/C(=N\NC(N)=O)c2cccs2)c(C)c1. The third kappa shape index (κ3) is 4.05. The van der Waals surface area contributed by atoms with Gasteiger partial charge in [0.05, 0.1) is 4.88 Å². The maximum Gasteiger partial charge on any atom is 0.332 e. The standard InChI is InChI=1S/C17H19N3OS/c1-11-9-12(2)14(13(3)10-11)6-7-15(19-20-17(18)21)16-5-4-8-22-16/h4-10H,1-3H3,(H3,18,20,21)/b7-6+,19-15+. The summed E-state index contributed by atoms with van der Waals surface area (Å²) < 4.78 is 0. The number of hydrogen-bond acceptors (Lipinski definition) is 3. The highest BCUT2D eigenvalue weighted by molar-refractivity contribution is 7.12. The van der Waals surface area contributed by atoms with E-state index < -0.39 is 6.03 Å². The van der Waals surface area contributed by atoms with Gasteiger partial charge in [0.1, 0.15) is 5.71 Å². The molecular formula is C17H19N3OS. The number of thiophene rings is 1. The lowest BCUT2D eigenvalue weighted by Gasteiger charge is -2.07. The van der Waals surface area contributed by atoms with Crippen LogP contribution in [0.2, 0.25) is 0 Å². The van der Waals surface area contributed by atoms with Crippen molar-refractivity contribution < 1.29 is 4.79 Å². The number of carbonyl (C=O) groups is 1. The number of amides is 2. The molecule has 22 heavy (non-hydrogen) atoms. The number of primary amides is 1. The number of allylic oxidation sites excluding steroid dienone is 1. The van der Waals surface area contributed by atoms with Gasteiger partial charge >= 0.3 is 6.03 Å². The van der Waals surface area contributed by atoms with Gasteiger partial charge in [-0.05, 0) is 55.0 Å². The third-order valence-electron chi connectivity index (χ3n) is 3.21. The van der Waals surface area contributed by atoms with E-state index in [1.807, 2.05) is 29.7 Å². The molecule has 0 saturated heterocycles. The molecule has 0 saturated carbocycles. The number of nitrogens with one attached hydrogen (secondary N) is 1. The number of nitrogens with zero attached hydrogens (tertiary/aromatic N) is 1. The van der Waals surface area contributed by atoms with Crippen LogP contribution >= 0.6 is 11.3 Å². The number of nitrogens with two attached hydrogens (primary N) is 1. The Balaban J connectivity index is 2.35. The smallest absolute Gasteiger partial charge is 0.332 e. The normalized spacial score (nSPS) is 11.9. The fraction of sp³-hybridized carbons (Fsp3) is 0.176. The molecule has 1 aromatic carbocycles. The van der Waals surface area contributed by atoms with Crippen LogP contribution in [0.5, 0.6) is 0 Å². The molecule has 5 heteroatoms. The van der Waals surface area contributed by atoms with Crippen LogP contribution in [-0.2, 0) is 0 Å². The monoisotopic (exact) mass is 313 g/mol. The molecule has 0 bridgehead atoms. The summed E-state index contributed by atoms with van der Waals surface area (Å²) >= 11 is 1.55. The molecule has 0 spiro atoms. The maximum atomic E-state index is 10.9. The Hall–Kier alpha value is -2.40. The first-order valence-electron chi connectivity index (χ1n) is 6.90. The minimum Gasteiger partial charge on any atom is -0.350 e. The zero-order chi connectivity index (χ0) is 16.1. The fourth-order valence-electron chi connectivity index (χ4n) is 2.33. The van der Waals surface area contributed by atoms with Crippen molar-refractivity contribution in [2.45, 2.75) is 20.8 Å². The van der Waals surface area contributed by atoms with Crippen molar-refractivity contribution in [3.63, 3.8) is 0 Å². The number of rotatable bonds is 4. The Morgan fingerprint density at radius 1 is 1.27 bits per heavy atom. The molecule has 0 unspecified atom stereocenters. The summed E-state index contributed by atoms with van der Waals surface area (Å²) in [6.45, 7) is 6.26. The molecule has 2 amide bonds. The number of aryl methyl sites for hydroxylation is 3. The van der Waals surface area contributed by atoms with E-state index in [0.717, 1.165) is 10.4 Å². The van der Waals surface area contributed by atoms with Gasteiger partial charge in [-0.3, -0.25) is 0 Å². The Morgan fingerprint density at radius 2 is 1.95 bits per heavy atom. The first-order chi connectivity index (χ1) is 10.5. The van der Waals surface area contributed by atoms with Gasteiger partial charge in [0.25, 0.3) is 0 Å². The van der Waals surface area contributed by atoms with Gasteiger partial charge in [0.15, 0.2) is 0 Å². The van der Waals surface area contributed by atoms with Crippen LogP contribution in [0.25, 0.3) is 6.08 Å². The number of urea groups is 1. The first-order valence-corrected chi connectivity index (χ1v) is 7.78. The van der Waals surface area contributed by atoms with Crippen molar-refractivity contribution in [2.75, 3.05) is 0 Å². The number of benzene rings is 1. The third-order valence-corrected chi connectivity index (χ3v) is 4.10. The zero-order valence-corrected chi connectivity index (χ0v) is 13.7. The van der Waals surface area contributed by atoms with Crippen molar-refractivity contribution in [1.82, 2.24) is 5.43 Å². The summed E-state index contributed by atoms with van der Waals surface area (Å²) in [4.78, 5) is 11.8. The van der Waals surface area contributed by atoms with Crippen molar-refractivity contribution >= 4 is 29.2 Å². The topological polar surface area (TPSA) is 67.5 Å². The van der Waals surface area contributed by atoms with Crippen LogP contribution in [-0.4, -0.2) is 11.7 Å². The van der Waals surface area contributed by atoms with Crippen LogP contribution in [0.4, 0.5) is 4.79 Å². The first kappa shape index (κ1) is 16.0. The second-order valence-electron chi connectivity index (χ2n) is 5.10. The van der Waals surface area contributed by atoms with E-state index in [2.05, 4.69) is 43.4 Å². The van der Waals surface area contributed by atoms with Crippen LogP contribution < -0.4 is 11.2 Å². The Labute approximate surface area is 134 Å². The molecule has 3 N–H and O–H groups in total. The van der Waals surface area contributed by atoms with Gasteiger partial charge in [0, 0.05) is 0 Å². The maximum absolute atomic E-state index is 10.9. The summed E-state index contributed by atoms with van der Waals surface area (Å²) in [5, 5.41) is 6.04. The highest BCUT2D eigenvalue weighted by Crippen LogP contribution is 2.19. The molecule has 0 aliphatic carbocycles. The molecular weight excluding hydrogens is 294 g/mol. The molecule has 2 rings (SSSR count). The van der Waals surface area contributed by atoms with Crippen molar-refractivity contribution in [2.24, 2.45) is 10.8 Å². The molecule has 1 aromatic heterocycles. The quantitative estimate of drug-likeness (QED) is 0.655. The molecule has 0 aliphatic heterocycles. The summed E-state index contributed by atoms with van der Waals surface area (Å²) in [7, 11) is 0. The predicted molar refractivity (Wildman–Crippen MR) is 93.3 cm³/mol. The summed E-state index contributed by atoms with van der Waals surface area (Å²) in [6.07, 6.45) is 3.91. The second-order valence-corrected chi connectivity index (χ2v) is 6.04. The van der Waals surface area contributed by atoms with Gasteiger partial charge in [-0.1, -0.05) is 29.8 Å². The molecule has 1 heterocycles.